The van der Waals surface area contributed by atoms with E-state index in [1.54, 1.807) is 0 Å². The highest BCUT2D eigenvalue weighted by molar-refractivity contribution is 7.89. The highest BCUT2D eigenvalue weighted by atomic mass is 35.5. The Morgan fingerprint density at radius 1 is 1.38 bits per heavy atom. The highest BCUT2D eigenvalue weighted by Gasteiger charge is 2.16. The number of hydrazone groups is 1. The summed E-state index contributed by atoms with van der Waals surface area (Å²) in [5.41, 5.74) is 2.38. The lowest BCUT2D eigenvalue weighted by molar-refractivity contribution is 0.0955. The van der Waals surface area contributed by atoms with Crippen LogP contribution in [0.3, 0.4) is 0 Å². The fraction of sp³-hybridized carbons (Fsp3) is 0. The molecular weight excluding hydrogens is 334 g/mol. The van der Waals surface area contributed by atoms with Crippen molar-refractivity contribution in [2.24, 2.45) is 10.2 Å². The molecule has 0 spiro atoms. The van der Waals surface area contributed by atoms with E-state index in [1.807, 2.05) is 17.5 Å². The Hall–Kier alpha value is -1.74. The van der Waals surface area contributed by atoms with E-state index in [0.29, 0.717) is 0 Å². The molecule has 0 atom stereocenters. The van der Waals surface area contributed by atoms with Crippen LogP contribution in [0.2, 0.25) is 5.02 Å². The van der Waals surface area contributed by atoms with Crippen LogP contribution in [0, 0.1) is 0 Å². The summed E-state index contributed by atoms with van der Waals surface area (Å²) in [6.07, 6.45) is 1.49. The standard InChI is InChI=1S/C12H10ClN3O3S2/c13-10-4-3-8(6-11(10)21(14,18)19)12(17)16-15-7-9-2-1-5-20-9/h1-7H,(H,16,17)(H2,14,18,19)/b15-7-. The number of primary sulfonamides is 1. The van der Waals surface area contributed by atoms with Crippen molar-refractivity contribution in [2.45, 2.75) is 4.90 Å². The number of carbonyl (C=O) groups is 1. The molecule has 0 fully saturated rings. The second-order valence-corrected chi connectivity index (χ2v) is 6.82. The number of sulfonamides is 1. The van der Waals surface area contributed by atoms with Gasteiger partial charge in [0.15, 0.2) is 0 Å². The predicted molar refractivity (Wildman–Crippen MR) is 82.2 cm³/mol. The van der Waals surface area contributed by atoms with Crippen molar-refractivity contribution in [2.75, 3.05) is 0 Å². The van der Waals surface area contributed by atoms with Crippen LogP contribution in [0.5, 0.6) is 0 Å². The Balaban J connectivity index is 2.17. The molecule has 21 heavy (non-hydrogen) atoms. The molecule has 0 aliphatic heterocycles. The molecular formula is C12H10ClN3O3S2. The van der Waals surface area contributed by atoms with E-state index >= 15 is 0 Å². The second-order valence-electron chi connectivity index (χ2n) is 3.90. The zero-order valence-corrected chi connectivity index (χ0v) is 12.9. The number of nitrogens with one attached hydrogen (secondary N) is 1. The van der Waals surface area contributed by atoms with Gasteiger partial charge in [0.25, 0.3) is 5.91 Å². The van der Waals surface area contributed by atoms with Crippen LogP contribution in [0.25, 0.3) is 0 Å². The number of hydrogen-bond acceptors (Lipinski definition) is 5. The molecule has 0 aliphatic rings. The molecule has 0 radical (unpaired) electrons. The number of hydrogen-bond donors (Lipinski definition) is 2. The zero-order valence-electron chi connectivity index (χ0n) is 10.5. The Bertz CT molecular complexity index is 786. The zero-order chi connectivity index (χ0) is 15.5. The van der Waals surface area contributed by atoms with Crippen LogP contribution in [0.4, 0.5) is 0 Å². The summed E-state index contributed by atoms with van der Waals surface area (Å²) < 4.78 is 22.7. The Morgan fingerprint density at radius 3 is 2.76 bits per heavy atom. The summed E-state index contributed by atoms with van der Waals surface area (Å²) >= 11 is 7.20. The van der Waals surface area contributed by atoms with Crippen LogP contribution < -0.4 is 10.6 Å². The molecule has 0 aliphatic carbocycles. The summed E-state index contributed by atoms with van der Waals surface area (Å²) in [7, 11) is -3.99. The molecule has 3 N–H and O–H groups in total. The maximum absolute atomic E-state index is 11.9. The SMILES string of the molecule is NS(=O)(=O)c1cc(C(=O)N/N=C\c2cccs2)ccc1Cl. The minimum atomic E-state index is -3.99. The Morgan fingerprint density at radius 2 is 2.14 bits per heavy atom. The largest absolute Gasteiger partial charge is 0.271 e. The van der Waals surface area contributed by atoms with Gasteiger partial charge in [0, 0.05) is 10.4 Å². The lowest BCUT2D eigenvalue weighted by Crippen LogP contribution is -2.19. The van der Waals surface area contributed by atoms with Crippen LogP contribution >= 0.6 is 22.9 Å². The van der Waals surface area contributed by atoms with E-state index in [0.717, 1.165) is 10.9 Å². The van der Waals surface area contributed by atoms with E-state index in [9.17, 15) is 13.2 Å². The lowest BCUT2D eigenvalue weighted by Gasteiger charge is -2.04. The third kappa shape index (κ3) is 4.11. The van der Waals surface area contributed by atoms with Crippen molar-refractivity contribution in [1.29, 1.82) is 0 Å². The van der Waals surface area contributed by atoms with E-state index in [4.69, 9.17) is 16.7 Å². The van der Waals surface area contributed by atoms with E-state index in [1.165, 1.54) is 29.7 Å². The van der Waals surface area contributed by atoms with Gasteiger partial charge in [-0.25, -0.2) is 19.0 Å². The highest BCUT2D eigenvalue weighted by Crippen LogP contribution is 2.21. The van der Waals surface area contributed by atoms with Gasteiger partial charge in [-0.1, -0.05) is 17.7 Å². The topological polar surface area (TPSA) is 102 Å². The summed E-state index contributed by atoms with van der Waals surface area (Å²) in [4.78, 5) is 12.4. The maximum atomic E-state index is 11.9. The van der Waals surface area contributed by atoms with Crippen molar-refractivity contribution >= 4 is 45.1 Å². The van der Waals surface area contributed by atoms with Gasteiger partial charge in [-0.3, -0.25) is 4.79 Å². The Labute approximate surface area is 130 Å². The van der Waals surface area contributed by atoms with Crippen LogP contribution in [0.1, 0.15) is 15.2 Å². The molecule has 1 aromatic heterocycles. The first-order valence-corrected chi connectivity index (χ1v) is 8.37. The molecule has 0 bridgehead atoms. The molecule has 0 saturated heterocycles. The number of nitrogens with zero attached hydrogens (tertiary/aromatic N) is 1. The van der Waals surface area contributed by atoms with Crippen molar-refractivity contribution in [1.82, 2.24) is 5.43 Å². The quantitative estimate of drug-likeness (QED) is 0.653. The van der Waals surface area contributed by atoms with Gasteiger partial charge in [-0.15, -0.1) is 11.3 Å². The van der Waals surface area contributed by atoms with Gasteiger partial charge < -0.3 is 0 Å². The average molecular weight is 344 g/mol. The van der Waals surface area contributed by atoms with Crippen molar-refractivity contribution in [3.63, 3.8) is 0 Å². The van der Waals surface area contributed by atoms with Crippen molar-refractivity contribution in [3.05, 3.63) is 51.2 Å². The number of halogens is 1. The number of carbonyl (C=O) groups excluding carboxylic acids is 1. The number of rotatable bonds is 4. The fourth-order valence-electron chi connectivity index (χ4n) is 1.45. The van der Waals surface area contributed by atoms with Gasteiger partial charge in [0.2, 0.25) is 10.0 Å². The molecule has 0 unspecified atom stereocenters. The smallest absolute Gasteiger partial charge is 0.267 e. The van der Waals surface area contributed by atoms with E-state index in [-0.39, 0.29) is 15.5 Å². The predicted octanol–water partition coefficient (Wildman–Crippen LogP) is 1.81. The monoisotopic (exact) mass is 343 g/mol. The van der Waals surface area contributed by atoms with Crippen LogP contribution in [0.15, 0.2) is 45.7 Å². The first-order chi connectivity index (χ1) is 9.88. The first-order valence-electron chi connectivity index (χ1n) is 5.57. The number of amides is 1. The molecule has 9 heteroatoms. The van der Waals surface area contributed by atoms with Crippen LogP contribution in [-0.2, 0) is 10.0 Å². The molecule has 1 aromatic carbocycles. The Kier molecular flexibility index (Phi) is 4.73. The molecule has 110 valence electrons. The second kappa shape index (κ2) is 6.35. The summed E-state index contributed by atoms with van der Waals surface area (Å²) in [5, 5.41) is 10.6. The van der Waals surface area contributed by atoms with Crippen molar-refractivity contribution in [3.8, 4) is 0 Å². The molecule has 1 amide bonds. The fourth-order valence-corrected chi connectivity index (χ4v) is 3.10. The summed E-state index contributed by atoms with van der Waals surface area (Å²) in [5.74, 6) is -0.565. The minimum absolute atomic E-state index is 0.0452. The molecule has 1 heterocycles. The summed E-state index contributed by atoms with van der Waals surface area (Å²) in [6, 6.07) is 7.47. The minimum Gasteiger partial charge on any atom is -0.267 e. The number of thiophene rings is 1. The van der Waals surface area contributed by atoms with Crippen molar-refractivity contribution < 1.29 is 13.2 Å². The normalized spacial score (nSPS) is 11.7. The van der Waals surface area contributed by atoms with Gasteiger partial charge in [0.05, 0.1) is 11.2 Å². The van der Waals surface area contributed by atoms with Gasteiger partial charge in [-0.05, 0) is 29.6 Å². The van der Waals surface area contributed by atoms with E-state index < -0.39 is 15.9 Å². The van der Waals surface area contributed by atoms with Gasteiger partial charge in [-0.2, -0.15) is 5.10 Å². The van der Waals surface area contributed by atoms with Gasteiger partial charge >= 0.3 is 0 Å². The van der Waals surface area contributed by atoms with E-state index in [2.05, 4.69) is 10.5 Å². The molecule has 2 aromatic rings. The number of benzene rings is 1. The molecule has 2 rings (SSSR count). The van der Waals surface area contributed by atoms with Crippen LogP contribution in [-0.4, -0.2) is 20.5 Å². The maximum Gasteiger partial charge on any atom is 0.271 e. The molecule has 0 saturated carbocycles. The first kappa shape index (κ1) is 15.6. The third-order valence-electron chi connectivity index (χ3n) is 2.40. The summed E-state index contributed by atoms with van der Waals surface area (Å²) in [6.45, 7) is 0. The average Bonchev–Trinajstić information content (AvgIpc) is 2.91. The number of nitrogens with two attached hydrogens (primary N) is 1. The lowest BCUT2D eigenvalue weighted by atomic mass is 10.2. The molecule has 6 nitrogen and oxygen atoms in total. The van der Waals surface area contributed by atoms with Gasteiger partial charge in [0.1, 0.15) is 4.90 Å². The third-order valence-corrected chi connectivity index (χ3v) is 4.60.